The van der Waals surface area contributed by atoms with Gasteiger partial charge in [-0.15, -0.1) is 0 Å². The number of aromatic nitrogens is 3. The quantitative estimate of drug-likeness (QED) is 0.824. The molecule has 0 saturated heterocycles. The highest BCUT2D eigenvalue weighted by Crippen LogP contribution is 2.19. The molecular formula is C13H12N4. The van der Waals surface area contributed by atoms with Crippen LogP contribution in [0, 0.1) is 0 Å². The number of rotatable bonds is 2. The molecule has 2 N–H and O–H groups in total. The minimum absolute atomic E-state index is 0.822. The Morgan fingerprint density at radius 1 is 1.24 bits per heavy atom. The van der Waals surface area contributed by atoms with Crippen molar-refractivity contribution in [1.29, 1.82) is 0 Å². The van der Waals surface area contributed by atoms with E-state index in [2.05, 4.69) is 38.5 Å². The van der Waals surface area contributed by atoms with Gasteiger partial charge in [-0.1, -0.05) is 18.2 Å². The number of hydrogen-bond acceptors (Lipinski definition) is 3. The number of nitrogens with zero attached hydrogens (tertiary/aromatic N) is 2. The zero-order valence-corrected chi connectivity index (χ0v) is 9.22. The molecule has 4 heteroatoms. The minimum atomic E-state index is 0.822. The van der Waals surface area contributed by atoms with Crippen molar-refractivity contribution in [1.82, 2.24) is 15.0 Å². The van der Waals surface area contributed by atoms with Gasteiger partial charge in [0.25, 0.3) is 0 Å². The molecular weight excluding hydrogens is 212 g/mol. The highest BCUT2D eigenvalue weighted by Gasteiger charge is 2.04. The van der Waals surface area contributed by atoms with Gasteiger partial charge >= 0.3 is 0 Å². The molecule has 0 aliphatic heterocycles. The predicted molar refractivity (Wildman–Crippen MR) is 68.5 cm³/mol. The molecule has 0 aromatic carbocycles. The smallest absolute Gasteiger partial charge is 0.143 e. The van der Waals surface area contributed by atoms with Crippen LogP contribution in [0.3, 0.4) is 0 Å². The molecule has 3 rings (SSSR count). The fourth-order valence-corrected chi connectivity index (χ4v) is 1.77. The van der Waals surface area contributed by atoms with Gasteiger partial charge in [0.15, 0.2) is 0 Å². The van der Waals surface area contributed by atoms with E-state index in [9.17, 15) is 0 Å². The fraction of sp³-hybridized carbons (Fsp3) is 0.0769. The molecule has 0 bridgehead atoms. The van der Waals surface area contributed by atoms with Crippen molar-refractivity contribution in [3.05, 3.63) is 54.7 Å². The Kier molecular flexibility index (Phi) is 2.46. The van der Waals surface area contributed by atoms with Crippen molar-refractivity contribution in [2.75, 3.05) is 5.32 Å². The van der Waals surface area contributed by atoms with E-state index in [1.807, 2.05) is 24.4 Å². The van der Waals surface area contributed by atoms with Crippen LogP contribution < -0.4 is 5.32 Å². The molecule has 4 nitrogen and oxygen atoms in total. The maximum Gasteiger partial charge on any atom is 0.143 e. The van der Waals surface area contributed by atoms with Crippen LogP contribution in [0.5, 0.6) is 0 Å². The Morgan fingerprint density at radius 3 is 3.24 bits per heavy atom. The molecule has 2 aromatic heterocycles. The zero-order valence-electron chi connectivity index (χ0n) is 9.22. The standard InChI is InChI=1S/C13H12N4/c1-2-4-6-10(5-3-1)17-13-11-7-8-14-12(11)15-9-16-13/h1,3-9H,2H2,(H2,14,15,16,17). The molecule has 0 radical (unpaired) electrons. The number of fused-ring (bicyclic) bond motifs is 1. The second-order valence-electron chi connectivity index (χ2n) is 3.78. The van der Waals surface area contributed by atoms with Crippen molar-refractivity contribution in [2.24, 2.45) is 0 Å². The van der Waals surface area contributed by atoms with E-state index < -0.39 is 0 Å². The van der Waals surface area contributed by atoms with Gasteiger partial charge in [-0.2, -0.15) is 0 Å². The van der Waals surface area contributed by atoms with Crippen LogP contribution in [0.2, 0.25) is 0 Å². The molecule has 1 aliphatic rings. The Labute approximate surface area is 98.8 Å². The highest BCUT2D eigenvalue weighted by atomic mass is 15.0. The van der Waals surface area contributed by atoms with Crippen LogP contribution in [0.4, 0.5) is 5.82 Å². The molecule has 0 amide bonds. The molecule has 1 aliphatic carbocycles. The summed E-state index contributed by atoms with van der Waals surface area (Å²) in [6, 6.07) is 1.97. The van der Waals surface area contributed by atoms with E-state index in [1.165, 1.54) is 0 Å². The number of aromatic amines is 1. The van der Waals surface area contributed by atoms with E-state index in [-0.39, 0.29) is 0 Å². The molecule has 2 aromatic rings. The predicted octanol–water partition coefficient (Wildman–Crippen LogP) is 2.77. The largest absolute Gasteiger partial charge is 0.346 e. The normalized spacial score (nSPS) is 14.7. The van der Waals surface area contributed by atoms with Crippen LogP contribution in [0.25, 0.3) is 11.0 Å². The van der Waals surface area contributed by atoms with Crippen molar-refractivity contribution in [3.63, 3.8) is 0 Å². The average molecular weight is 224 g/mol. The minimum Gasteiger partial charge on any atom is -0.346 e. The van der Waals surface area contributed by atoms with Gasteiger partial charge in [0.05, 0.1) is 5.39 Å². The Bertz CT molecular complexity index is 619. The third-order valence-electron chi connectivity index (χ3n) is 2.60. The summed E-state index contributed by atoms with van der Waals surface area (Å²) >= 11 is 0. The first-order chi connectivity index (χ1) is 8.43. The van der Waals surface area contributed by atoms with Gasteiger partial charge in [0, 0.05) is 11.9 Å². The third-order valence-corrected chi connectivity index (χ3v) is 2.60. The van der Waals surface area contributed by atoms with Crippen molar-refractivity contribution in [2.45, 2.75) is 6.42 Å². The Morgan fingerprint density at radius 2 is 2.24 bits per heavy atom. The van der Waals surface area contributed by atoms with E-state index in [0.29, 0.717) is 0 Å². The summed E-state index contributed by atoms with van der Waals surface area (Å²) in [6.07, 6.45) is 14.7. The van der Waals surface area contributed by atoms with Crippen LogP contribution in [-0.2, 0) is 0 Å². The van der Waals surface area contributed by atoms with Crippen molar-refractivity contribution >= 4 is 16.9 Å². The molecule has 17 heavy (non-hydrogen) atoms. The van der Waals surface area contributed by atoms with Crippen LogP contribution in [0.1, 0.15) is 6.42 Å². The first-order valence-electron chi connectivity index (χ1n) is 5.52. The van der Waals surface area contributed by atoms with Gasteiger partial charge < -0.3 is 10.3 Å². The number of allylic oxidation sites excluding steroid dienone is 5. The number of hydrogen-bond donors (Lipinski definition) is 2. The Balaban J connectivity index is 1.97. The van der Waals surface area contributed by atoms with Crippen molar-refractivity contribution in [3.8, 4) is 0 Å². The molecule has 0 atom stereocenters. The van der Waals surface area contributed by atoms with E-state index in [4.69, 9.17) is 0 Å². The first kappa shape index (κ1) is 9.84. The molecule has 2 heterocycles. The summed E-state index contributed by atoms with van der Waals surface area (Å²) < 4.78 is 0. The van der Waals surface area contributed by atoms with Gasteiger partial charge in [-0.25, -0.2) is 9.97 Å². The summed E-state index contributed by atoms with van der Waals surface area (Å²) in [7, 11) is 0. The van der Waals surface area contributed by atoms with Crippen LogP contribution >= 0.6 is 0 Å². The Hall–Kier alpha value is -2.36. The number of H-pyrrole nitrogens is 1. The van der Waals surface area contributed by atoms with E-state index in [0.717, 1.165) is 29.0 Å². The SMILES string of the molecule is C1=CCC=CC(Nc2ncnc3[nH]ccc23)=C1. The second kappa shape index (κ2) is 4.25. The lowest BCUT2D eigenvalue weighted by atomic mass is 10.3. The highest BCUT2D eigenvalue weighted by molar-refractivity contribution is 5.87. The van der Waals surface area contributed by atoms with Gasteiger partial charge in [-0.3, -0.25) is 0 Å². The lowest BCUT2D eigenvalue weighted by Crippen LogP contribution is -1.99. The lowest BCUT2D eigenvalue weighted by molar-refractivity contribution is 1.19. The molecule has 0 fully saturated rings. The molecule has 0 saturated carbocycles. The van der Waals surface area contributed by atoms with Gasteiger partial charge in [-0.05, 0) is 24.6 Å². The van der Waals surface area contributed by atoms with Crippen LogP contribution in [-0.4, -0.2) is 15.0 Å². The second-order valence-corrected chi connectivity index (χ2v) is 3.78. The zero-order chi connectivity index (χ0) is 11.5. The maximum atomic E-state index is 4.26. The molecule has 0 spiro atoms. The third kappa shape index (κ3) is 1.97. The summed E-state index contributed by atoms with van der Waals surface area (Å²) in [5, 5.41) is 4.30. The maximum absolute atomic E-state index is 4.26. The van der Waals surface area contributed by atoms with Gasteiger partial charge in [0.2, 0.25) is 0 Å². The molecule has 0 unspecified atom stereocenters. The van der Waals surface area contributed by atoms with Gasteiger partial charge in [0.1, 0.15) is 17.8 Å². The summed E-state index contributed by atoms with van der Waals surface area (Å²) in [5.74, 6) is 0.822. The van der Waals surface area contributed by atoms with E-state index >= 15 is 0 Å². The van der Waals surface area contributed by atoms with Crippen molar-refractivity contribution < 1.29 is 0 Å². The average Bonchev–Trinajstić information content (AvgIpc) is 2.69. The number of anilines is 1. The molecule has 84 valence electrons. The fourth-order valence-electron chi connectivity index (χ4n) is 1.77. The lowest BCUT2D eigenvalue weighted by Gasteiger charge is -2.06. The number of nitrogens with one attached hydrogen (secondary N) is 2. The van der Waals surface area contributed by atoms with Crippen LogP contribution in [0.15, 0.2) is 54.7 Å². The monoisotopic (exact) mass is 224 g/mol. The van der Waals surface area contributed by atoms with E-state index in [1.54, 1.807) is 6.33 Å². The summed E-state index contributed by atoms with van der Waals surface area (Å²) in [5.41, 5.74) is 1.87. The first-order valence-corrected chi connectivity index (χ1v) is 5.52. The topological polar surface area (TPSA) is 53.6 Å². The summed E-state index contributed by atoms with van der Waals surface area (Å²) in [6.45, 7) is 0. The summed E-state index contributed by atoms with van der Waals surface area (Å²) in [4.78, 5) is 11.5.